The first-order valence-electron chi connectivity index (χ1n) is 9.70. The van der Waals surface area contributed by atoms with Crippen molar-refractivity contribution in [2.45, 2.75) is 11.4 Å². The number of anilines is 1. The van der Waals surface area contributed by atoms with Gasteiger partial charge in [-0.1, -0.05) is 12.1 Å². The third-order valence-corrected chi connectivity index (χ3v) is 6.14. The molecule has 28 heavy (non-hydrogen) atoms. The van der Waals surface area contributed by atoms with Crippen LogP contribution in [-0.2, 0) is 11.3 Å². The fourth-order valence-electron chi connectivity index (χ4n) is 3.82. The minimum absolute atomic E-state index is 0.0933. The van der Waals surface area contributed by atoms with Gasteiger partial charge in [0.1, 0.15) is 32.7 Å². The van der Waals surface area contributed by atoms with Gasteiger partial charge in [-0.2, -0.15) is 0 Å². The number of para-hydroxylation sites is 1. The third-order valence-electron chi connectivity index (χ3n) is 5.35. The van der Waals surface area contributed by atoms with Crippen molar-refractivity contribution in [3.63, 3.8) is 0 Å². The van der Waals surface area contributed by atoms with Gasteiger partial charge in [-0.15, -0.1) is 11.8 Å². The van der Waals surface area contributed by atoms with Crippen LogP contribution in [0, 0.1) is 0 Å². The smallest absolute Gasteiger partial charge is 0.279 e. The quantitative estimate of drug-likeness (QED) is 0.600. The zero-order chi connectivity index (χ0) is 19.3. The van der Waals surface area contributed by atoms with Crippen molar-refractivity contribution in [2.75, 3.05) is 51.1 Å². The molecule has 6 nitrogen and oxygen atoms in total. The average Bonchev–Trinajstić information content (AvgIpc) is 3.18. The summed E-state index contributed by atoms with van der Waals surface area (Å²) in [6, 6.07) is 14.2. The number of carbonyl (C=O) groups is 1. The average molecular weight is 402 g/mol. The van der Waals surface area contributed by atoms with Crippen LogP contribution in [0.2, 0.25) is 0 Å². The van der Waals surface area contributed by atoms with Crippen LogP contribution in [0.5, 0.6) is 11.5 Å². The van der Waals surface area contributed by atoms with E-state index in [1.165, 1.54) is 10.5 Å². The van der Waals surface area contributed by atoms with Gasteiger partial charge in [0.25, 0.3) is 5.91 Å². The number of carbonyl (C=O) groups excluding carboxylic acids is 1. The molecule has 1 saturated heterocycles. The zero-order valence-corrected chi connectivity index (χ0v) is 16.9. The van der Waals surface area contributed by atoms with E-state index in [1.807, 2.05) is 36.6 Å². The van der Waals surface area contributed by atoms with Crippen LogP contribution in [0.15, 0.2) is 47.4 Å². The number of amides is 1. The minimum atomic E-state index is 0.0933. The molecule has 0 unspecified atom stereocenters. The standard InChI is InChI=1S/C21H25N3O3S/c1-28-20-5-3-2-4-17(20)22-21(25)14-24-10-8-23(9-11-24)13-16-6-7-18-19(12-16)27-15-26-18/h2-7,12H,8-11,13-15H2,1H3,(H,22,25)/p+2. The lowest BCUT2D eigenvalue weighted by molar-refractivity contribution is -1.02. The van der Waals surface area contributed by atoms with Gasteiger partial charge in [-0.3, -0.25) is 4.79 Å². The van der Waals surface area contributed by atoms with E-state index in [4.69, 9.17) is 9.47 Å². The number of rotatable bonds is 6. The molecule has 2 aromatic carbocycles. The van der Waals surface area contributed by atoms with Crippen LogP contribution >= 0.6 is 11.8 Å². The molecule has 2 heterocycles. The summed E-state index contributed by atoms with van der Waals surface area (Å²) in [5.74, 6) is 1.78. The predicted molar refractivity (Wildman–Crippen MR) is 109 cm³/mol. The molecule has 0 radical (unpaired) electrons. The fraction of sp³-hybridized carbons (Fsp3) is 0.381. The van der Waals surface area contributed by atoms with Gasteiger partial charge in [-0.05, 0) is 36.6 Å². The predicted octanol–water partition coefficient (Wildman–Crippen LogP) is 0.0593. The van der Waals surface area contributed by atoms with E-state index in [1.54, 1.807) is 16.7 Å². The Morgan fingerprint density at radius 3 is 2.61 bits per heavy atom. The summed E-state index contributed by atoms with van der Waals surface area (Å²) in [7, 11) is 0. The number of nitrogens with one attached hydrogen (secondary N) is 3. The molecule has 1 amide bonds. The van der Waals surface area contributed by atoms with Crippen molar-refractivity contribution in [2.24, 2.45) is 0 Å². The molecule has 4 rings (SSSR count). The number of benzene rings is 2. The number of piperazine rings is 1. The summed E-state index contributed by atoms with van der Waals surface area (Å²) in [5, 5.41) is 3.07. The number of fused-ring (bicyclic) bond motifs is 1. The van der Waals surface area contributed by atoms with Crippen LogP contribution < -0.4 is 24.6 Å². The summed E-state index contributed by atoms with van der Waals surface area (Å²) in [4.78, 5) is 16.5. The monoisotopic (exact) mass is 401 g/mol. The Balaban J connectivity index is 1.24. The molecule has 2 aliphatic rings. The highest BCUT2D eigenvalue weighted by Gasteiger charge is 2.25. The Bertz CT molecular complexity index is 837. The van der Waals surface area contributed by atoms with Crippen LogP contribution in [-0.4, -0.2) is 51.7 Å². The fourth-order valence-corrected chi connectivity index (χ4v) is 4.37. The van der Waals surface area contributed by atoms with Gasteiger partial charge in [0, 0.05) is 10.5 Å². The number of quaternary nitrogens is 2. The lowest BCUT2D eigenvalue weighted by Crippen LogP contribution is -3.28. The molecule has 7 heteroatoms. The molecule has 148 valence electrons. The summed E-state index contributed by atoms with van der Waals surface area (Å²) in [6.45, 7) is 5.99. The van der Waals surface area contributed by atoms with Gasteiger partial charge in [-0.25, -0.2) is 0 Å². The number of hydrogen-bond acceptors (Lipinski definition) is 4. The van der Waals surface area contributed by atoms with Crippen LogP contribution in [0.4, 0.5) is 5.69 Å². The first-order chi connectivity index (χ1) is 13.7. The summed E-state index contributed by atoms with van der Waals surface area (Å²) < 4.78 is 10.9. The first-order valence-corrected chi connectivity index (χ1v) is 10.9. The Hall–Kier alpha value is -2.22. The molecule has 0 bridgehead atoms. The van der Waals surface area contributed by atoms with Gasteiger partial charge in [0.2, 0.25) is 6.79 Å². The number of thioether (sulfide) groups is 1. The van der Waals surface area contributed by atoms with Crippen molar-refractivity contribution in [3.05, 3.63) is 48.0 Å². The van der Waals surface area contributed by atoms with E-state index in [-0.39, 0.29) is 5.91 Å². The Morgan fingerprint density at radius 2 is 1.79 bits per heavy atom. The van der Waals surface area contributed by atoms with Crippen molar-refractivity contribution >= 4 is 23.4 Å². The van der Waals surface area contributed by atoms with E-state index in [9.17, 15) is 4.79 Å². The lowest BCUT2D eigenvalue weighted by atomic mass is 10.1. The molecule has 0 saturated carbocycles. The second kappa shape index (κ2) is 8.86. The van der Waals surface area contributed by atoms with Gasteiger partial charge < -0.3 is 24.6 Å². The Labute approximate surface area is 169 Å². The topological polar surface area (TPSA) is 56.4 Å². The van der Waals surface area contributed by atoms with Gasteiger partial charge in [0.15, 0.2) is 18.0 Å². The van der Waals surface area contributed by atoms with E-state index >= 15 is 0 Å². The first kappa shape index (κ1) is 19.1. The molecule has 0 aromatic heterocycles. The van der Waals surface area contributed by atoms with Crippen molar-refractivity contribution in [3.8, 4) is 11.5 Å². The van der Waals surface area contributed by atoms with Gasteiger partial charge in [0.05, 0.1) is 5.69 Å². The number of hydrogen-bond donors (Lipinski definition) is 3. The van der Waals surface area contributed by atoms with Crippen molar-refractivity contribution in [1.29, 1.82) is 0 Å². The highest BCUT2D eigenvalue weighted by Crippen LogP contribution is 2.32. The van der Waals surface area contributed by atoms with E-state index in [0.29, 0.717) is 13.3 Å². The molecule has 2 aromatic rings. The maximum absolute atomic E-state index is 12.5. The maximum Gasteiger partial charge on any atom is 0.279 e. The molecule has 0 aliphatic carbocycles. The van der Waals surface area contributed by atoms with Crippen molar-refractivity contribution < 1.29 is 24.1 Å². The van der Waals surface area contributed by atoms with Crippen LogP contribution in [0.3, 0.4) is 0 Å². The highest BCUT2D eigenvalue weighted by atomic mass is 32.2. The number of ether oxygens (including phenoxy) is 2. The normalized spacial score (nSPS) is 20.8. The van der Waals surface area contributed by atoms with Crippen LogP contribution in [0.25, 0.3) is 0 Å². The Kier molecular flexibility index (Phi) is 6.04. The molecular weight excluding hydrogens is 374 g/mol. The Morgan fingerprint density at radius 1 is 1.04 bits per heavy atom. The molecule has 3 N–H and O–H groups in total. The van der Waals surface area contributed by atoms with E-state index in [0.717, 1.165) is 54.8 Å². The summed E-state index contributed by atoms with van der Waals surface area (Å²) >= 11 is 1.65. The zero-order valence-electron chi connectivity index (χ0n) is 16.1. The summed E-state index contributed by atoms with van der Waals surface area (Å²) in [5.41, 5.74) is 2.18. The SMILES string of the molecule is CSc1ccccc1NC(=O)C[NH+]1CC[NH+](Cc2ccc3c(c2)OCO3)CC1. The van der Waals surface area contributed by atoms with Gasteiger partial charge >= 0.3 is 0 Å². The maximum atomic E-state index is 12.5. The van der Waals surface area contributed by atoms with Crippen LogP contribution in [0.1, 0.15) is 5.56 Å². The molecule has 0 spiro atoms. The molecule has 1 fully saturated rings. The van der Waals surface area contributed by atoms with E-state index < -0.39 is 0 Å². The third kappa shape index (κ3) is 4.60. The second-order valence-corrected chi connectivity index (χ2v) is 8.14. The minimum Gasteiger partial charge on any atom is -0.454 e. The van der Waals surface area contributed by atoms with Crippen molar-refractivity contribution in [1.82, 2.24) is 0 Å². The van der Waals surface area contributed by atoms with E-state index in [2.05, 4.69) is 17.4 Å². The lowest BCUT2D eigenvalue weighted by Gasteiger charge is -2.29. The largest absolute Gasteiger partial charge is 0.454 e. The summed E-state index contributed by atoms with van der Waals surface area (Å²) in [6.07, 6.45) is 2.03. The second-order valence-electron chi connectivity index (χ2n) is 7.29. The molecule has 0 atom stereocenters. The molecular formula is C21H27N3O3S+2. The highest BCUT2D eigenvalue weighted by molar-refractivity contribution is 7.98. The molecule has 2 aliphatic heterocycles.